The van der Waals surface area contributed by atoms with Crippen molar-refractivity contribution in [3.05, 3.63) is 63.6 Å². The molecule has 3 rings (SSSR count). The molecule has 6 heteroatoms. The zero-order valence-corrected chi connectivity index (χ0v) is 14.8. The van der Waals surface area contributed by atoms with Crippen LogP contribution in [0.3, 0.4) is 0 Å². The number of halogens is 2. The highest BCUT2D eigenvalue weighted by Gasteiger charge is 2.27. The summed E-state index contributed by atoms with van der Waals surface area (Å²) in [5.74, 6) is 0.187. The molecule has 118 valence electrons. The predicted octanol–water partition coefficient (Wildman–Crippen LogP) is 4.99. The molecule has 1 N–H and O–H groups in total. The number of nitrogens with zero attached hydrogens (tertiary/aromatic N) is 2. The normalized spacial score (nSPS) is 17.1. The number of nitrogens with one attached hydrogen (secondary N) is 1. The zero-order valence-electron chi connectivity index (χ0n) is 12.5. The first-order chi connectivity index (χ1) is 11.0. The summed E-state index contributed by atoms with van der Waals surface area (Å²) < 4.78 is 1.02. The van der Waals surface area contributed by atoms with Gasteiger partial charge in [-0.3, -0.25) is 0 Å². The molecular formula is C17H15BrClN3O. The largest absolute Gasteiger partial charge is 0.342 e. The Morgan fingerprint density at radius 2 is 1.87 bits per heavy atom. The van der Waals surface area contributed by atoms with Crippen LogP contribution in [0.15, 0.2) is 58.1 Å². The molecule has 0 spiro atoms. The van der Waals surface area contributed by atoms with Crippen molar-refractivity contribution in [2.24, 2.45) is 11.0 Å². The fourth-order valence-corrected chi connectivity index (χ4v) is 2.82. The van der Waals surface area contributed by atoms with Crippen LogP contribution in [0, 0.1) is 5.92 Å². The molecule has 4 nitrogen and oxygen atoms in total. The number of rotatable bonds is 2. The minimum Gasteiger partial charge on any atom is -0.306 e. The van der Waals surface area contributed by atoms with Gasteiger partial charge in [0.1, 0.15) is 0 Å². The van der Waals surface area contributed by atoms with E-state index in [0.29, 0.717) is 17.3 Å². The maximum Gasteiger partial charge on any atom is 0.342 e. The van der Waals surface area contributed by atoms with E-state index in [0.717, 1.165) is 15.7 Å². The van der Waals surface area contributed by atoms with Crippen LogP contribution in [0.25, 0.3) is 0 Å². The Hall–Kier alpha value is -1.85. The van der Waals surface area contributed by atoms with Crippen molar-refractivity contribution in [2.75, 3.05) is 11.9 Å². The van der Waals surface area contributed by atoms with Crippen molar-refractivity contribution < 1.29 is 4.79 Å². The van der Waals surface area contributed by atoms with Crippen molar-refractivity contribution in [1.29, 1.82) is 0 Å². The summed E-state index contributed by atoms with van der Waals surface area (Å²) in [6.07, 6.45) is 0. The van der Waals surface area contributed by atoms with Gasteiger partial charge in [0.15, 0.2) is 0 Å². The van der Waals surface area contributed by atoms with Crippen LogP contribution in [-0.2, 0) is 0 Å². The van der Waals surface area contributed by atoms with Gasteiger partial charge in [0.2, 0.25) is 0 Å². The summed E-state index contributed by atoms with van der Waals surface area (Å²) in [6.45, 7) is 2.63. The Bertz CT molecular complexity index is 743. The lowest BCUT2D eigenvalue weighted by molar-refractivity contribution is 0.216. The summed E-state index contributed by atoms with van der Waals surface area (Å²) in [7, 11) is 0. The number of carbonyl (C=O) groups is 1. The highest BCUT2D eigenvalue weighted by Crippen LogP contribution is 2.22. The Labute approximate surface area is 148 Å². The second-order valence-corrected chi connectivity index (χ2v) is 6.76. The lowest BCUT2D eigenvalue weighted by Crippen LogP contribution is -2.30. The molecule has 1 heterocycles. The molecular weight excluding hydrogens is 378 g/mol. The first kappa shape index (κ1) is 16.0. The smallest absolute Gasteiger partial charge is 0.306 e. The summed E-state index contributed by atoms with van der Waals surface area (Å²) in [4.78, 5) is 12.3. The monoisotopic (exact) mass is 391 g/mol. The molecule has 0 radical (unpaired) electrons. The molecule has 2 aromatic carbocycles. The van der Waals surface area contributed by atoms with E-state index in [4.69, 9.17) is 11.6 Å². The van der Waals surface area contributed by atoms with Gasteiger partial charge in [-0.2, -0.15) is 5.10 Å². The SMILES string of the molecule is CC1CN(C(=O)Nc2ccc(Cl)cc2)N=C1c1ccc(Br)cc1. The van der Waals surface area contributed by atoms with Crippen molar-refractivity contribution in [1.82, 2.24) is 5.01 Å². The molecule has 0 saturated carbocycles. The number of carbonyl (C=O) groups excluding carboxylic acids is 1. The zero-order chi connectivity index (χ0) is 16.4. The predicted molar refractivity (Wildman–Crippen MR) is 97.0 cm³/mol. The number of urea groups is 1. The van der Waals surface area contributed by atoms with Crippen LogP contribution in [-0.4, -0.2) is 23.3 Å². The molecule has 0 fully saturated rings. The minimum atomic E-state index is -0.244. The van der Waals surface area contributed by atoms with E-state index in [1.54, 1.807) is 24.3 Å². The van der Waals surface area contributed by atoms with Crippen LogP contribution in [0.1, 0.15) is 12.5 Å². The maximum absolute atomic E-state index is 12.3. The lowest BCUT2D eigenvalue weighted by atomic mass is 10.00. The van der Waals surface area contributed by atoms with Crippen LogP contribution in [0.4, 0.5) is 10.5 Å². The van der Waals surface area contributed by atoms with Crippen molar-refractivity contribution in [2.45, 2.75) is 6.92 Å². The van der Waals surface area contributed by atoms with Crippen LogP contribution < -0.4 is 5.32 Å². The van der Waals surface area contributed by atoms with Crippen molar-refractivity contribution >= 4 is 45.0 Å². The Kier molecular flexibility index (Phi) is 4.68. The summed E-state index contributed by atoms with van der Waals surface area (Å²) in [5, 5.41) is 9.41. The van der Waals surface area contributed by atoms with Gasteiger partial charge < -0.3 is 5.32 Å². The molecule has 1 unspecified atom stereocenters. The first-order valence-corrected chi connectivity index (χ1v) is 8.38. The molecule has 1 aliphatic heterocycles. The van der Waals surface area contributed by atoms with Gasteiger partial charge in [0.25, 0.3) is 0 Å². The van der Waals surface area contributed by atoms with Gasteiger partial charge in [0, 0.05) is 21.1 Å². The van der Waals surface area contributed by atoms with Crippen molar-refractivity contribution in [3.63, 3.8) is 0 Å². The number of benzene rings is 2. The standard InChI is InChI=1S/C17H15BrClN3O/c1-11-10-22(17(23)20-15-8-6-14(19)7-9-15)21-16(11)12-2-4-13(18)5-3-12/h2-9,11H,10H2,1H3,(H,20,23). The van der Waals surface area contributed by atoms with E-state index in [1.807, 2.05) is 24.3 Å². The summed E-state index contributed by atoms with van der Waals surface area (Å²) in [5.41, 5.74) is 2.64. The van der Waals surface area contributed by atoms with E-state index in [-0.39, 0.29) is 11.9 Å². The number of hydrogen-bond acceptors (Lipinski definition) is 2. The quantitative estimate of drug-likeness (QED) is 0.769. The lowest BCUT2D eigenvalue weighted by Gasteiger charge is -2.13. The number of amides is 2. The average molecular weight is 393 g/mol. The van der Waals surface area contributed by atoms with E-state index in [9.17, 15) is 4.79 Å². The van der Waals surface area contributed by atoms with Crippen LogP contribution in [0.2, 0.25) is 5.02 Å². The fraction of sp³-hybridized carbons (Fsp3) is 0.176. The first-order valence-electron chi connectivity index (χ1n) is 7.21. The van der Waals surface area contributed by atoms with Crippen LogP contribution >= 0.6 is 27.5 Å². The summed E-state index contributed by atoms with van der Waals surface area (Å²) in [6, 6.07) is 14.7. The third-order valence-corrected chi connectivity index (χ3v) is 4.39. The van der Waals surface area contributed by atoms with Crippen LogP contribution in [0.5, 0.6) is 0 Å². The molecule has 0 bridgehead atoms. The Morgan fingerprint density at radius 3 is 2.52 bits per heavy atom. The highest BCUT2D eigenvalue weighted by atomic mass is 79.9. The maximum atomic E-state index is 12.3. The second kappa shape index (κ2) is 6.72. The number of anilines is 1. The van der Waals surface area contributed by atoms with E-state index >= 15 is 0 Å². The van der Waals surface area contributed by atoms with Gasteiger partial charge in [-0.25, -0.2) is 9.80 Å². The minimum absolute atomic E-state index is 0.187. The topological polar surface area (TPSA) is 44.7 Å². The average Bonchev–Trinajstić information content (AvgIpc) is 2.92. The Morgan fingerprint density at radius 1 is 1.22 bits per heavy atom. The van der Waals surface area contributed by atoms with Gasteiger partial charge in [0.05, 0.1) is 12.3 Å². The second-order valence-electron chi connectivity index (χ2n) is 5.41. The van der Waals surface area contributed by atoms with E-state index in [2.05, 4.69) is 33.3 Å². The molecule has 23 heavy (non-hydrogen) atoms. The fourth-order valence-electron chi connectivity index (χ4n) is 2.43. The molecule has 2 amide bonds. The van der Waals surface area contributed by atoms with Crippen molar-refractivity contribution in [3.8, 4) is 0 Å². The summed E-state index contributed by atoms with van der Waals surface area (Å²) >= 11 is 9.27. The number of hydrogen-bond donors (Lipinski definition) is 1. The Balaban J connectivity index is 1.74. The molecule has 2 aromatic rings. The molecule has 0 aliphatic carbocycles. The van der Waals surface area contributed by atoms with Gasteiger partial charge in [-0.1, -0.05) is 46.6 Å². The molecule has 0 saturated heterocycles. The molecule has 0 aromatic heterocycles. The van der Waals surface area contributed by atoms with E-state index in [1.165, 1.54) is 5.01 Å². The van der Waals surface area contributed by atoms with Gasteiger partial charge >= 0.3 is 6.03 Å². The number of hydrazone groups is 1. The van der Waals surface area contributed by atoms with Gasteiger partial charge in [-0.15, -0.1) is 0 Å². The third-order valence-electron chi connectivity index (χ3n) is 3.61. The van der Waals surface area contributed by atoms with E-state index < -0.39 is 0 Å². The van der Waals surface area contributed by atoms with Gasteiger partial charge in [-0.05, 0) is 42.0 Å². The molecule has 1 atom stereocenters. The highest BCUT2D eigenvalue weighted by molar-refractivity contribution is 9.10. The molecule has 1 aliphatic rings. The third kappa shape index (κ3) is 3.74.